The lowest BCUT2D eigenvalue weighted by Gasteiger charge is -2.18. The second-order valence-electron chi connectivity index (χ2n) is 5.76. The average Bonchev–Trinajstić information content (AvgIpc) is 2.54. The Hall–Kier alpha value is -0.960. The summed E-state index contributed by atoms with van der Waals surface area (Å²) >= 11 is 0. The molecule has 0 saturated heterocycles. The van der Waals surface area contributed by atoms with Gasteiger partial charge in [0.15, 0.2) is 0 Å². The third kappa shape index (κ3) is 3.50. The van der Waals surface area contributed by atoms with E-state index in [1.165, 1.54) is 18.6 Å². The van der Waals surface area contributed by atoms with Crippen LogP contribution in [0.3, 0.4) is 0 Å². The van der Waals surface area contributed by atoms with Gasteiger partial charge in [-0.1, -0.05) is 13.8 Å². The van der Waals surface area contributed by atoms with Crippen molar-refractivity contribution in [3.8, 4) is 0 Å². The monoisotopic (exact) mass is 239 g/mol. The van der Waals surface area contributed by atoms with E-state index in [-0.39, 0.29) is 0 Å². The molecule has 1 aliphatic carbocycles. The highest BCUT2D eigenvalue weighted by Crippen LogP contribution is 2.36. The van der Waals surface area contributed by atoms with E-state index in [1.807, 2.05) is 0 Å². The lowest BCUT2D eigenvalue weighted by atomic mass is 9.92. The average molecular weight is 239 g/mol. The molecule has 1 aliphatic rings. The highest BCUT2D eigenvalue weighted by molar-refractivity contribution is 5.17. The van der Waals surface area contributed by atoms with Gasteiger partial charge in [0.1, 0.15) is 11.6 Å². The zero-order valence-electron chi connectivity index (χ0n) is 10.4. The van der Waals surface area contributed by atoms with Crippen molar-refractivity contribution in [2.45, 2.75) is 45.7 Å². The van der Waals surface area contributed by atoms with E-state index in [4.69, 9.17) is 0 Å². The molecule has 0 aromatic heterocycles. The maximum absolute atomic E-state index is 13.0. The first-order valence-corrected chi connectivity index (χ1v) is 6.13. The van der Waals surface area contributed by atoms with Crippen LogP contribution >= 0.6 is 0 Å². The topological polar surface area (TPSA) is 12.0 Å². The minimum absolute atomic E-state index is 0.394. The number of nitrogens with one attached hydrogen (secondary N) is 1. The third-order valence-electron chi connectivity index (χ3n) is 3.49. The van der Waals surface area contributed by atoms with Crippen molar-refractivity contribution in [1.82, 2.24) is 5.32 Å². The van der Waals surface area contributed by atoms with Gasteiger partial charge in [-0.15, -0.1) is 0 Å². The van der Waals surface area contributed by atoms with E-state index in [2.05, 4.69) is 19.2 Å². The number of hydrogen-bond donors (Lipinski definition) is 1. The van der Waals surface area contributed by atoms with E-state index in [1.54, 1.807) is 0 Å². The van der Waals surface area contributed by atoms with E-state index in [9.17, 15) is 8.78 Å². The predicted octanol–water partition coefficient (Wildman–Crippen LogP) is 3.63. The van der Waals surface area contributed by atoms with Crippen LogP contribution in [0.15, 0.2) is 18.2 Å². The van der Waals surface area contributed by atoms with Crippen molar-refractivity contribution in [2.75, 3.05) is 0 Å². The Bertz CT molecular complexity index is 381. The van der Waals surface area contributed by atoms with E-state index in [0.29, 0.717) is 23.6 Å². The van der Waals surface area contributed by atoms with Gasteiger partial charge in [0.05, 0.1) is 0 Å². The number of hydrogen-bond acceptors (Lipinski definition) is 1. The summed E-state index contributed by atoms with van der Waals surface area (Å²) < 4.78 is 26.0. The molecule has 0 bridgehead atoms. The SMILES string of the molecule is CC1(C)CCC(NCc2cc(F)cc(F)c2)C1. The van der Waals surface area contributed by atoms with Crippen molar-refractivity contribution in [2.24, 2.45) is 5.41 Å². The van der Waals surface area contributed by atoms with Crippen LogP contribution in [0, 0.1) is 17.0 Å². The maximum Gasteiger partial charge on any atom is 0.126 e. The zero-order chi connectivity index (χ0) is 12.5. The number of benzene rings is 1. The van der Waals surface area contributed by atoms with Crippen molar-refractivity contribution < 1.29 is 8.78 Å². The molecule has 1 saturated carbocycles. The molecule has 0 amide bonds. The minimum atomic E-state index is -0.506. The molecular weight excluding hydrogens is 220 g/mol. The molecule has 1 unspecified atom stereocenters. The molecular formula is C14H19F2N. The summed E-state index contributed by atoms with van der Waals surface area (Å²) in [6.07, 6.45) is 3.48. The molecule has 1 nitrogen and oxygen atoms in total. The van der Waals surface area contributed by atoms with Gasteiger partial charge in [0, 0.05) is 18.7 Å². The molecule has 1 aromatic carbocycles. The minimum Gasteiger partial charge on any atom is -0.310 e. The van der Waals surface area contributed by atoms with E-state index >= 15 is 0 Å². The summed E-state index contributed by atoms with van der Waals surface area (Å²) in [6, 6.07) is 4.14. The van der Waals surface area contributed by atoms with Gasteiger partial charge in [-0.25, -0.2) is 8.78 Å². The van der Waals surface area contributed by atoms with E-state index < -0.39 is 11.6 Å². The summed E-state index contributed by atoms with van der Waals surface area (Å²) in [4.78, 5) is 0. The fourth-order valence-electron chi connectivity index (χ4n) is 2.59. The molecule has 0 heterocycles. The van der Waals surface area contributed by atoms with Crippen LogP contribution in [0.2, 0.25) is 0 Å². The summed E-state index contributed by atoms with van der Waals surface area (Å²) in [6.45, 7) is 5.06. The van der Waals surface area contributed by atoms with Crippen LogP contribution in [0.5, 0.6) is 0 Å². The van der Waals surface area contributed by atoms with Gasteiger partial charge < -0.3 is 5.32 Å². The first kappa shape index (κ1) is 12.5. The third-order valence-corrected chi connectivity index (χ3v) is 3.49. The largest absolute Gasteiger partial charge is 0.310 e. The van der Waals surface area contributed by atoms with Crippen LogP contribution in [0.4, 0.5) is 8.78 Å². The summed E-state index contributed by atoms with van der Waals surface area (Å²) in [7, 11) is 0. The van der Waals surface area contributed by atoms with Gasteiger partial charge in [0.2, 0.25) is 0 Å². The van der Waals surface area contributed by atoms with Crippen LogP contribution in [-0.2, 0) is 6.54 Å². The summed E-state index contributed by atoms with van der Waals surface area (Å²) in [5.74, 6) is -1.01. The Morgan fingerprint density at radius 1 is 1.24 bits per heavy atom. The van der Waals surface area contributed by atoms with Crippen molar-refractivity contribution in [3.05, 3.63) is 35.4 Å². The lowest BCUT2D eigenvalue weighted by molar-refractivity contribution is 0.364. The molecule has 1 fully saturated rings. The second kappa shape index (κ2) is 4.73. The van der Waals surface area contributed by atoms with Gasteiger partial charge in [-0.05, 0) is 42.4 Å². The van der Waals surface area contributed by atoms with Gasteiger partial charge in [-0.3, -0.25) is 0 Å². The second-order valence-corrected chi connectivity index (χ2v) is 5.76. The molecule has 1 N–H and O–H groups in total. The molecule has 0 radical (unpaired) electrons. The predicted molar refractivity (Wildman–Crippen MR) is 64.6 cm³/mol. The fraction of sp³-hybridized carbons (Fsp3) is 0.571. The Morgan fingerprint density at radius 3 is 2.41 bits per heavy atom. The Balaban J connectivity index is 1.90. The lowest BCUT2D eigenvalue weighted by Crippen LogP contribution is -2.26. The van der Waals surface area contributed by atoms with Crippen molar-refractivity contribution in [3.63, 3.8) is 0 Å². The summed E-state index contributed by atoms with van der Waals surface area (Å²) in [5, 5.41) is 3.37. The Kier molecular flexibility index (Phi) is 3.48. The highest BCUT2D eigenvalue weighted by Gasteiger charge is 2.30. The molecule has 0 aliphatic heterocycles. The molecule has 3 heteroatoms. The molecule has 1 atom stereocenters. The standard InChI is InChI=1S/C14H19F2N/c1-14(2)4-3-13(8-14)17-9-10-5-11(15)7-12(16)6-10/h5-7,13,17H,3-4,8-9H2,1-2H3. The summed E-state index contributed by atoms with van der Waals surface area (Å²) in [5.41, 5.74) is 1.07. The van der Waals surface area contributed by atoms with Crippen molar-refractivity contribution >= 4 is 0 Å². The molecule has 17 heavy (non-hydrogen) atoms. The first-order chi connectivity index (χ1) is 7.94. The van der Waals surface area contributed by atoms with Crippen molar-refractivity contribution in [1.29, 1.82) is 0 Å². The van der Waals surface area contributed by atoms with Gasteiger partial charge in [-0.2, -0.15) is 0 Å². The highest BCUT2D eigenvalue weighted by atomic mass is 19.1. The van der Waals surface area contributed by atoms with Gasteiger partial charge in [0.25, 0.3) is 0 Å². The van der Waals surface area contributed by atoms with E-state index in [0.717, 1.165) is 18.9 Å². The van der Waals surface area contributed by atoms with Crippen LogP contribution in [-0.4, -0.2) is 6.04 Å². The van der Waals surface area contributed by atoms with Crippen LogP contribution < -0.4 is 5.32 Å². The van der Waals surface area contributed by atoms with Crippen LogP contribution in [0.25, 0.3) is 0 Å². The smallest absolute Gasteiger partial charge is 0.126 e. The first-order valence-electron chi connectivity index (χ1n) is 6.13. The van der Waals surface area contributed by atoms with Gasteiger partial charge >= 0.3 is 0 Å². The van der Waals surface area contributed by atoms with Crippen LogP contribution in [0.1, 0.15) is 38.7 Å². The Morgan fingerprint density at radius 2 is 1.88 bits per heavy atom. The normalized spacial score (nSPS) is 22.9. The zero-order valence-corrected chi connectivity index (χ0v) is 10.4. The molecule has 0 spiro atoms. The number of rotatable bonds is 3. The maximum atomic E-state index is 13.0. The fourth-order valence-corrected chi connectivity index (χ4v) is 2.59. The quantitative estimate of drug-likeness (QED) is 0.849. The molecule has 2 rings (SSSR count). The Labute approximate surface area is 101 Å². The molecule has 94 valence electrons. The number of halogens is 2. The molecule has 1 aromatic rings.